The van der Waals surface area contributed by atoms with Crippen molar-refractivity contribution in [2.45, 2.75) is 44.2 Å². The lowest BCUT2D eigenvalue weighted by atomic mass is 9.79. The molecule has 0 radical (unpaired) electrons. The molecule has 3 aliphatic rings. The molecule has 1 saturated carbocycles. The highest BCUT2D eigenvalue weighted by atomic mass is 16.7. The molecule has 1 aromatic rings. The smallest absolute Gasteiger partial charge is 0.231 e. The van der Waals surface area contributed by atoms with Crippen molar-refractivity contribution in [3.63, 3.8) is 0 Å². The summed E-state index contributed by atoms with van der Waals surface area (Å²) in [4.78, 5) is 4.78. The van der Waals surface area contributed by atoms with Gasteiger partial charge in [-0.15, -0.1) is 0 Å². The number of hydrogen-bond acceptors (Lipinski definition) is 5. The third-order valence-corrected chi connectivity index (χ3v) is 4.90. The van der Waals surface area contributed by atoms with Crippen LogP contribution in [-0.2, 0) is 6.54 Å². The second-order valence-electron chi connectivity index (χ2n) is 6.34. The number of benzene rings is 1. The van der Waals surface area contributed by atoms with Gasteiger partial charge < -0.3 is 20.1 Å². The molecule has 0 amide bonds. The van der Waals surface area contributed by atoms with Gasteiger partial charge in [-0.1, -0.05) is 25.3 Å². The van der Waals surface area contributed by atoms with Crippen LogP contribution in [0.5, 0.6) is 11.5 Å². The Kier molecular flexibility index (Phi) is 3.66. The molecule has 2 heterocycles. The van der Waals surface area contributed by atoms with Crippen LogP contribution in [0.3, 0.4) is 0 Å². The summed E-state index contributed by atoms with van der Waals surface area (Å²) in [6.07, 6.45) is 6.31. The predicted molar refractivity (Wildman–Crippen MR) is 85.5 cm³/mol. The zero-order chi connectivity index (χ0) is 14.8. The van der Waals surface area contributed by atoms with E-state index in [4.69, 9.17) is 14.5 Å². The Morgan fingerprint density at radius 2 is 2.00 bits per heavy atom. The molecule has 118 valence electrons. The molecule has 2 aliphatic heterocycles. The van der Waals surface area contributed by atoms with Gasteiger partial charge in [-0.2, -0.15) is 0 Å². The van der Waals surface area contributed by atoms with Gasteiger partial charge in [0.15, 0.2) is 11.5 Å². The summed E-state index contributed by atoms with van der Waals surface area (Å²) in [5.41, 5.74) is 1.29. The topological polar surface area (TPSA) is 54.9 Å². The van der Waals surface area contributed by atoms with Gasteiger partial charge in [-0.05, 0) is 30.5 Å². The van der Waals surface area contributed by atoms with Crippen LogP contribution >= 0.6 is 0 Å². The number of nitrogens with one attached hydrogen (secondary N) is 2. The Morgan fingerprint density at radius 1 is 1.14 bits per heavy atom. The van der Waals surface area contributed by atoms with Gasteiger partial charge in [0, 0.05) is 13.1 Å². The second kappa shape index (κ2) is 5.80. The molecule has 0 saturated heterocycles. The van der Waals surface area contributed by atoms with E-state index in [-0.39, 0.29) is 5.54 Å². The zero-order valence-corrected chi connectivity index (χ0v) is 12.9. The first-order valence-corrected chi connectivity index (χ1v) is 8.28. The lowest BCUT2D eigenvalue weighted by Gasteiger charge is -2.41. The summed E-state index contributed by atoms with van der Waals surface area (Å²) in [7, 11) is 0. The number of rotatable bonds is 2. The van der Waals surface area contributed by atoms with Crippen LogP contribution in [-0.4, -0.2) is 31.3 Å². The molecule has 1 aliphatic carbocycles. The third-order valence-electron chi connectivity index (χ3n) is 4.90. The molecule has 0 unspecified atom stereocenters. The van der Waals surface area contributed by atoms with E-state index in [0.717, 1.165) is 37.0 Å². The van der Waals surface area contributed by atoms with Gasteiger partial charge in [0.25, 0.3) is 0 Å². The fourth-order valence-electron chi connectivity index (χ4n) is 3.73. The molecule has 1 aromatic carbocycles. The maximum Gasteiger partial charge on any atom is 0.231 e. The van der Waals surface area contributed by atoms with Crippen LogP contribution in [0.25, 0.3) is 0 Å². The van der Waals surface area contributed by atoms with Crippen molar-refractivity contribution in [2.75, 3.05) is 19.9 Å². The minimum atomic E-state index is 0.0901. The monoisotopic (exact) mass is 301 g/mol. The van der Waals surface area contributed by atoms with Gasteiger partial charge in [-0.3, -0.25) is 4.99 Å². The largest absolute Gasteiger partial charge is 0.454 e. The van der Waals surface area contributed by atoms with E-state index < -0.39 is 0 Å². The molecule has 1 fully saturated rings. The van der Waals surface area contributed by atoms with Crippen molar-refractivity contribution in [1.82, 2.24) is 10.6 Å². The van der Waals surface area contributed by atoms with E-state index in [1.807, 2.05) is 6.07 Å². The second-order valence-corrected chi connectivity index (χ2v) is 6.34. The van der Waals surface area contributed by atoms with Crippen LogP contribution in [0.15, 0.2) is 23.2 Å². The van der Waals surface area contributed by atoms with Crippen LogP contribution in [0.1, 0.15) is 37.7 Å². The van der Waals surface area contributed by atoms with Crippen LogP contribution in [0.4, 0.5) is 0 Å². The molecule has 22 heavy (non-hydrogen) atoms. The van der Waals surface area contributed by atoms with Gasteiger partial charge >= 0.3 is 0 Å². The highest BCUT2D eigenvalue weighted by molar-refractivity contribution is 5.92. The van der Waals surface area contributed by atoms with E-state index in [1.54, 1.807) is 0 Å². The Labute approximate surface area is 131 Å². The molecular formula is C17H23N3O2. The first kappa shape index (κ1) is 13.9. The van der Waals surface area contributed by atoms with Gasteiger partial charge in [0.05, 0.1) is 12.1 Å². The van der Waals surface area contributed by atoms with Gasteiger partial charge in [-0.25, -0.2) is 0 Å². The lowest BCUT2D eigenvalue weighted by Crippen LogP contribution is -2.60. The fraction of sp³-hybridized carbons (Fsp3) is 0.588. The van der Waals surface area contributed by atoms with Crippen molar-refractivity contribution in [1.29, 1.82) is 0 Å². The van der Waals surface area contributed by atoms with E-state index >= 15 is 0 Å². The van der Waals surface area contributed by atoms with Gasteiger partial charge in [0.2, 0.25) is 6.79 Å². The molecule has 1 spiro atoms. The van der Waals surface area contributed by atoms with Crippen LogP contribution in [0, 0.1) is 0 Å². The molecular weight excluding hydrogens is 278 g/mol. The van der Waals surface area contributed by atoms with E-state index in [1.165, 1.54) is 37.7 Å². The van der Waals surface area contributed by atoms with E-state index in [2.05, 4.69) is 22.8 Å². The summed E-state index contributed by atoms with van der Waals surface area (Å²) in [6, 6.07) is 6.13. The Balaban J connectivity index is 1.46. The zero-order valence-electron chi connectivity index (χ0n) is 12.9. The van der Waals surface area contributed by atoms with Crippen molar-refractivity contribution < 1.29 is 9.47 Å². The highest BCUT2D eigenvalue weighted by Gasteiger charge is 2.38. The third kappa shape index (κ3) is 2.54. The highest BCUT2D eigenvalue weighted by Crippen LogP contribution is 2.33. The number of amidine groups is 1. The molecule has 0 aromatic heterocycles. The Bertz CT molecular complexity index is 579. The quantitative estimate of drug-likeness (QED) is 0.879. The predicted octanol–water partition coefficient (Wildman–Crippen LogP) is 2.21. The Hall–Kier alpha value is -1.75. The molecule has 0 atom stereocenters. The number of ether oxygens (including phenoxy) is 2. The first-order chi connectivity index (χ1) is 10.9. The summed E-state index contributed by atoms with van der Waals surface area (Å²) < 4.78 is 10.8. The molecule has 4 rings (SSSR count). The van der Waals surface area contributed by atoms with Crippen LogP contribution < -0.4 is 20.1 Å². The van der Waals surface area contributed by atoms with E-state index in [0.29, 0.717) is 6.79 Å². The molecule has 5 heteroatoms. The number of fused-ring (bicyclic) bond motifs is 1. The average Bonchev–Trinajstić information content (AvgIpc) is 3.03. The Morgan fingerprint density at radius 3 is 2.91 bits per heavy atom. The number of aliphatic imine (C=N–C) groups is 1. The maximum absolute atomic E-state index is 5.45. The molecule has 0 bridgehead atoms. The number of nitrogens with zero attached hydrogens (tertiary/aromatic N) is 1. The summed E-state index contributed by atoms with van der Waals surface area (Å²) in [5.74, 6) is 2.83. The summed E-state index contributed by atoms with van der Waals surface area (Å²) >= 11 is 0. The first-order valence-electron chi connectivity index (χ1n) is 8.28. The maximum atomic E-state index is 5.45. The molecule has 2 N–H and O–H groups in total. The van der Waals surface area contributed by atoms with Crippen molar-refractivity contribution in [3.05, 3.63) is 23.8 Å². The van der Waals surface area contributed by atoms with E-state index in [9.17, 15) is 0 Å². The number of hydrogen-bond donors (Lipinski definition) is 2. The standard InChI is InChI=1S/C17H23N3O2/c1-2-6-17(7-3-1)16(18-8-9-20-17)19-11-13-4-5-14-15(10-13)22-12-21-14/h4-5,10,20H,1-3,6-9,11-12H2,(H,18,19). The SMILES string of the molecule is c1cc2c(cc1CNC1=NCCNC13CCCCC3)OCO2. The summed E-state index contributed by atoms with van der Waals surface area (Å²) in [6.45, 7) is 2.96. The fourth-order valence-corrected chi connectivity index (χ4v) is 3.73. The average molecular weight is 301 g/mol. The van der Waals surface area contributed by atoms with Crippen molar-refractivity contribution in [2.24, 2.45) is 4.99 Å². The lowest BCUT2D eigenvalue weighted by molar-refractivity contribution is 0.174. The minimum absolute atomic E-state index is 0.0901. The molecule has 5 nitrogen and oxygen atoms in total. The summed E-state index contributed by atoms with van der Waals surface area (Å²) in [5, 5.41) is 7.31. The minimum Gasteiger partial charge on any atom is -0.454 e. The normalized spacial score (nSPS) is 22.5. The van der Waals surface area contributed by atoms with Gasteiger partial charge in [0.1, 0.15) is 5.84 Å². The van der Waals surface area contributed by atoms with Crippen molar-refractivity contribution >= 4 is 5.84 Å². The van der Waals surface area contributed by atoms with Crippen LogP contribution in [0.2, 0.25) is 0 Å². The van der Waals surface area contributed by atoms with Crippen molar-refractivity contribution in [3.8, 4) is 11.5 Å².